The predicted molar refractivity (Wildman–Crippen MR) is 77.6 cm³/mol. The van der Waals surface area contributed by atoms with E-state index in [-0.39, 0.29) is 6.04 Å². The molecule has 0 radical (unpaired) electrons. The van der Waals surface area contributed by atoms with Crippen molar-refractivity contribution in [2.24, 2.45) is 12.8 Å². The molecule has 102 valence electrons. The van der Waals surface area contributed by atoms with Gasteiger partial charge in [0.25, 0.3) is 0 Å². The van der Waals surface area contributed by atoms with Crippen molar-refractivity contribution in [1.82, 2.24) is 14.7 Å². The molecule has 0 fully saturated rings. The summed E-state index contributed by atoms with van der Waals surface area (Å²) in [5.74, 6) is 0. The van der Waals surface area contributed by atoms with Gasteiger partial charge in [-0.25, -0.2) is 0 Å². The Labute approximate surface area is 114 Å². The van der Waals surface area contributed by atoms with E-state index in [1.165, 1.54) is 16.7 Å². The van der Waals surface area contributed by atoms with Gasteiger partial charge in [0.15, 0.2) is 0 Å². The van der Waals surface area contributed by atoms with Crippen molar-refractivity contribution in [3.05, 3.63) is 53.3 Å². The maximum atomic E-state index is 6.24. The third kappa shape index (κ3) is 3.91. The molecule has 0 aliphatic heterocycles. The number of aromatic nitrogens is 2. The first-order chi connectivity index (χ1) is 9.04. The molecule has 1 aromatic heterocycles. The second kappa shape index (κ2) is 5.99. The highest BCUT2D eigenvalue weighted by Gasteiger charge is 2.10. The Morgan fingerprint density at radius 1 is 1.32 bits per heavy atom. The largest absolute Gasteiger partial charge is 0.323 e. The molecule has 1 atom stereocenters. The SMILES string of the molecule is Cc1ccc(C(N)CN(C)Cc2cnn(C)c2)cc1. The van der Waals surface area contributed by atoms with Crippen molar-refractivity contribution in [3.8, 4) is 0 Å². The van der Waals surface area contributed by atoms with Gasteiger partial charge in [0.2, 0.25) is 0 Å². The second-order valence-corrected chi connectivity index (χ2v) is 5.24. The summed E-state index contributed by atoms with van der Waals surface area (Å²) >= 11 is 0. The van der Waals surface area contributed by atoms with Gasteiger partial charge in [-0.05, 0) is 19.5 Å². The minimum Gasteiger partial charge on any atom is -0.323 e. The number of rotatable bonds is 5. The monoisotopic (exact) mass is 258 g/mol. The lowest BCUT2D eigenvalue weighted by molar-refractivity contribution is 0.305. The third-order valence-electron chi connectivity index (χ3n) is 3.22. The van der Waals surface area contributed by atoms with Crippen LogP contribution in [0.15, 0.2) is 36.7 Å². The number of nitrogens with zero attached hydrogens (tertiary/aromatic N) is 3. The van der Waals surface area contributed by atoms with E-state index in [1.807, 2.05) is 24.1 Å². The topological polar surface area (TPSA) is 47.1 Å². The molecule has 1 aromatic carbocycles. The standard InChI is InChI=1S/C15H22N4/c1-12-4-6-14(7-5-12)15(16)11-18(2)9-13-8-17-19(3)10-13/h4-8,10,15H,9,11,16H2,1-3H3. The van der Waals surface area contributed by atoms with Gasteiger partial charge in [-0.3, -0.25) is 4.68 Å². The van der Waals surface area contributed by atoms with Gasteiger partial charge in [-0.15, -0.1) is 0 Å². The molecule has 0 bridgehead atoms. The minimum atomic E-state index is 0.0438. The normalized spacial score (nSPS) is 12.9. The quantitative estimate of drug-likeness (QED) is 0.890. The maximum Gasteiger partial charge on any atom is 0.0534 e. The summed E-state index contributed by atoms with van der Waals surface area (Å²) in [5.41, 5.74) is 9.90. The molecule has 0 spiro atoms. The van der Waals surface area contributed by atoms with E-state index < -0.39 is 0 Å². The van der Waals surface area contributed by atoms with E-state index in [1.54, 1.807) is 0 Å². The number of hydrogen-bond donors (Lipinski definition) is 1. The highest BCUT2D eigenvalue weighted by Crippen LogP contribution is 2.13. The summed E-state index contributed by atoms with van der Waals surface area (Å²) in [7, 11) is 4.02. The fourth-order valence-corrected chi connectivity index (χ4v) is 2.18. The van der Waals surface area contributed by atoms with Gasteiger partial charge in [0, 0.05) is 37.9 Å². The van der Waals surface area contributed by atoms with E-state index in [2.05, 4.69) is 48.2 Å². The summed E-state index contributed by atoms with van der Waals surface area (Å²) < 4.78 is 1.82. The molecule has 2 N–H and O–H groups in total. The average molecular weight is 258 g/mol. The van der Waals surface area contributed by atoms with E-state index in [0.29, 0.717) is 0 Å². The number of nitrogens with two attached hydrogens (primary N) is 1. The van der Waals surface area contributed by atoms with Crippen molar-refractivity contribution in [2.45, 2.75) is 19.5 Å². The highest BCUT2D eigenvalue weighted by molar-refractivity contribution is 5.24. The molecule has 4 heteroatoms. The molecule has 0 aliphatic rings. The number of likely N-dealkylation sites (N-methyl/N-ethyl adjacent to an activating group) is 1. The van der Waals surface area contributed by atoms with Gasteiger partial charge in [-0.1, -0.05) is 29.8 Å². The van der Waals surface area contributed by atoms with Crippen LogP contribution in [0.1, 0.15) is 22.7 Å². The molecule has 4 nitrogen and oxygen atoms in total. The lowest BCUT2D eigenvalue weighted by Gasteiger charge is -2.21. The third-order valence-corrected chi connectivity index (χ3v) is 3.22. The Bertz CT molecular complexity index is 515. The molecule has 2 aromatic rings. The van der Waals surface area contributed by atoms with Gasteiger partial charge in [0.05, 0.1) is 6.20 Å². The Morgan fingerprint density at radius 2 is 2.00 bits per heavy atom. The van der Waals surface area contributed by atoms with Crippen LogP contribution in [0.3, 0.4) is 0 Å². The number of aryl methyl sites for hydroxylation is 2. The minimum absolute atomic E-state index is 0.0438. The Balaban J connectivity index is 1.91. The van der Waals surface area contributed by atoms with E-state index in [4.69, 9.17) is 5.73 Å². The van der Waals surface area contributed by atoms with Crippen molar-refractivity contribution < 1.29 is 0 Å². The number of hydrogen-bond acceptors (Lipinski definition) is 3. The van der Waals surface area contributed by atoms with Crippen LogP contribution in [-0.2, 0) is 13.6 Å². The maximum absolute atomic E-state index is 6.24. The summed E-state index contributed by atoms with van der Waals surface area (Å²) in [6, 6.07) is 8.48. The van der Waals surface area contributed by atoms with Gasteiger partial charge in [0.1, 0.15) is 0 Å². The smallest absolute Gasteiger partial charge is 0.0534 e. The van der Waals surface area contributed by atoms with Crippen LogP contribution in [0.2, 0.25) is 0 Å². The fraction of sp³-hybridized carbons (Fsp3) is 0.400. The Morgan fingerprint density at radius 3 is 2.58 bits per heavy atom. The first kappa shape index (κ1) is 13.8. The van der Waals surface area contributed by atoms with E-state index >= 15 is 0 Å². The van der Waals surface area contributed by atoms with Gasteiger partial charge in [-0.2, -0.15) is 5.10 Å². The first-order valence-electron chi connectivity index (χ1n) is 6.53. The van der Waals surface area contributed by atoms with Crippen LogP contribution in [0.5, 0.6) is 0 Å². The summed E-state index contributed by atoms with van der Waals surface area (Å²) in [6.07, 6.45) is 3.93. The number of benzene rings is 1. The molecule has 0 saturated heterocycles. The van der Waals surface area contributed by atoms with Crippen LogP contribution in [-0.4, -0.2) is 28.3 Å². The first-order valence-corrected chi connectivity index (χ1v) is 6.53. The molecule has 1 heterocycles. The lowest BCUT2D eigenvalue weighted by Crippen LogP contribution is -2.28. The molecule has 0 amide bonds. The predicted octanol–water partition coefficient (Wildman–Crippen LogP) is 1.86. The summed E-state index contributed by atoms with van der Waals surface area (Å²) in [6.45, 7) is 3.79. The molecule has 2 rings (SSSR count). The average Bonchev–Trinajstić information content (AvgIpc) is 2.75. The Hall–Kier alpha value is -1.65. The second-order valence-electron chi connectivity index (χ2n) is 5.24. The van der Waals surface area contributed by atoms with Crippen molar-refractivity contribution in [1.29, 1.82) is 0 Å². The molecule has 1 unspecified atom stereocenters. The molecule has 19 heavy (non-hydrogen) atoms. The zero-order valence-corrected chi connectivity index (χ0v) is 11.9. The summed E-state index contributed by atoms with van der Waals surface area (Å²) in [4.78, 5) is 2.22. The fourth-order valence-electron chi connectivity index (χ4n) is 2.18. The molecule has 0 aliphatic carbocycles. The van der Waals surface area contributed by atoms with E-state index in [0.717, 1.165) is 13.1 Å². The van der Waals surface area contributed by atoms with E-state index in [9.17, 15) is 0 Å². The zero-order chi connectivity index (χ0) is 13.8. The van der Waals surface area contributed by atoms with Crippen LogP contribution in [0, 0.1) is 6.92 Å². The van der Waals surface area contributed by atoms with Crippen LogP contribution >= 0.6 is 0 Å². The van der Waals surface area contributed by atoms with Gasteiger partial charge < -0.3 is 10.6 Å². The highest BCUT2D eigenvalue weighted by atomic mass is 15.2. The summed E-state index contributed by atoms with van der Waals surface area (Å²) in [5, 5.41) is 4.18. The van der Waals surface area contributed by atoms with Crippen LogP contribution in [0.4, 0.5) is 0 Å². The zero-order valence-electron chi connectivity index (χ0n) is 11.9. The van der Waals surface area contributed by atoms with Crippen molar-refractivity contribution in [2.75, 3.05) is 13.6 Å². The molecular weight excluding hydrogens is 236 g/mol. The van der Waals surface area contributed by atoms with Crippen LogP contribution < -0.4 is 5.73 Å². The van der Waals surface area contributed by atoms with Crippen LogP contribution in [0.25, 0.3) is 0 Å². The molecular formula is C15H22N4. The van der Waals surface area contributed by atoms with Gasteiger partial charge >= 0.3 is 0 Å². The Kier molecular flexibility index (Phi) is 4.35. The molecule has 0 saturated carbocycles. The van der Waals surface area contributed by atoms with Crippen molar-refractivity contribution >= 4 is 0 Å². The van der Waals surface area contributed by atoms with Crippen molar-refractivity contribution in [3.63, 3.8) is 0 Å². The lowest BCUT2D eigenvalue weighted by atomic mass is 10.1.